The lowest BCUT2D eigenvalue weighted by Gasteiger charge is -2.27. The highest BCUT2D eigenvalue weighted by Gasteiger charge is 2.26. The van der Waals surface area contributed by atoms with E-state index in [2.05, 4.69) is 12.2 Å². The molecule has 1 amide bonds. The van der Waals surface area contributed by atoms with E-state index in [0.29, 0.717) is 6.42 Å². The molecular weight excluding hydrogens is 216 g/mol. The summed E-state index contributed by atoms with van der Waals surface area (Å²) < 4.78 is 0. The monoisotopic (exact) mass is 242 g/mol. The third-order valence-corrected chi connectivity index (χ3v) is 2.70. The van der Waals surface area contributed by atoms with Gasteiger partial charge in [0.25, 0.3) is 0 Å². The van der Waals surface area contributed by atoms with Crippen molar-refractivity contribution >= 4 is 5.91 Å². The first-order valence-corrected chi connectivity index (χ1v) is 6.59. The standard InChI is InChI=1S/C13H26N2O2/c1-5-6-7-8-9-10-11-12(16)15(14-17)13(2,3)4/h5-11H2,1-4H3. The van der Waals surface area contributed by atoms with Crippen molar-refractivity contribution in [3.63, 3.8) is 0 Å². The van der Waals surface area contributed by atoms with Crippen LogP contribution in [0.4, 0.5) is 0 Å². The lowest BCUT2D eigenvalue weighted by atomic mass is 10.1. The quantitative estimate of drug-likeness (QED) is 0.366. The topological polar surface area (TPSA) is 49.7 Å². The van der Waals surface area contributed by atoms with Gasteiger partial charge < -0.3 is 0 Å². The maximum Gasteiger partial charge on any atom is 0.245 e. The van der Waals surface area contributed by atoms with Crippen LogP contribution in [-0.4, -0.2) is 16.5 Å². The van der Waals surface area contributed by atoms with Gasteiger partial charge in [0.05, 0.1) is 10.8 Å². The number of carbonyl (C=O) groups excluding carboxylic acids is 1. The molecule has 0 spiro atoms. The fourth-order valence-corrected chi connectivity index (χ4v) is 1.70. The number of nitrogens with zero attached hydrogens (tertiary/aromatic N) is 2. The van der Waals surface area contributed by atoms with E-state index in [0.717, 1.165) is 17.9 Å². The molecule has 100 valence electrons. The summed E-state index contributed by atoms with van der Waals surface area (Å²) in [6.07, 6.45) is 7.23. The van der Waals surface area contributed by atoms with Crippen molar-refractivity contribution in [3.8, 4) is 0 Å². The molecule has 0 atom stereocenters. The highest BCUT2D eigenvalue weighted by molar-refractivity contribution is 5.76. The first-order chi connectivity index (χ1) is 7.93. The van der Waals surface area contributed by atoms with Crippen LogP contribution in [0.3, 0.4) is 0 Å². The Morgan fingerprint density at radius 2 is 1.59 bits per heavy atom. The van der Waals surface area contributed by atoms with Gasteiger partial charge in [-0.3, -0.25) is 4.79 Å². The summed E-state index contributed by atoms with van der Waals surface area (Å²) in [4.78, 5) is 22.4. The number of rotatable bonds is 8. The fraction of sp³-hybridized carbons (Fsp3) is 0.923. The SMILES string of the molecule is CCCCCCCCC(=O)N(N=O)C(C)(C)C. The molecule has 17 heavy (non-hydrogen) atoms. The molecule has 0 unspecified atom stereocenters. The van der Waals surface area contributed by atoms with Crippen molar-refractivity contribution in [1.82, 2.24) is 5.01 Å². The Kier molecular flexibility index (Phi) is 7.75. The van der Waals surface area contributed by atoms with E-state index in [4.69, 9.17) is 0 Å². The molecular formula is C13H26N2O2. The highest BCUT2D eigenvalue weighted by Crippen LogP contribution is 2.16. The Balaban J connectivity index is 3.81. The summed E-state index contributed by atoms with van der Waals surface area (Å²) in [6.45, 7) is 7.62. The van der Waals surface area contributed by atoms with Crippen LogP contribution in [0.25, 0.3) is 0 Å². The molecule has 0 aliphatic carbocycles. The van der Waals surface area contributed by atoms with Gasteiger partial charge in [0.1, 0.15) is 0 Å². The van der Waals surface area contributed by atoms with Crippen LogP contribution >= 0.6 is 0 Å². The highest BCUT2D eigenvalue weighted by atomic mass is 16.3. The van der Waals surface area contributed by atoms with Crippen molar-refractivity contribution in [2.75, 3.05) is 0 Å². The van der Waals surface area contributed by atoms with Crippen molar-refractivity contribution < 1.29 is 4.79 Å². The summed E-state index contributed by atoms with van der Waals surface area (Å²) in [5, 5.41) is 3.88. The summed E-state index contributed by atoms with van der Waals surface area (Å²) in [6, 6.07) is 0. The minimum absolute atomic E-state index is 0.164. The molecule has 4 heteroatoms. The van der Waals surface area contributed by atoms with Gasteiger partial charge >= 0.3 is 0 Å². The maximum absolute atomic E-state index is 11.7. The molecule has 0 aromatic heterocycles. The van der Waals surface area contributed by atoms with E-state index in [1.54, 1.807) is 0 Å². The van der Waals surface area contributed by atoms with E-state index >= 15 is 0 Å². The maximum atomic E-state index is 11.7. The second-order valence-corrected chi connectivity index (χ2v) is 5.48. The van der Waals surface area contributed by atoms with Gasteiger partial charge in [0.2, 0.25) is 5.91 Å². The van der Waals surface area contributed by atoms with Gasteiger partial charge in [-0.05, 0) is 27.2 Å². The Morgan fingerprint density at radius 3 is 2.06 bits per heavy atom. The normalized spacial score (nSPS) is 11.3. The third-order valence-electron chi connectivity index (χ3n) is 2.70. The van der Waals surface area contributed by atoms with E-state index in [9.17, 15) is 9.70 Å². The minimum Gasteiger partial charge on any atom is -0.273 e. The summed E-state index contributed by atoms with van der Waals surface area (Å²) >= 11 is 0. The molecule has 0 aromatic carbocycles. The molecule has 4 nitrogen and oxygen atoms in total. The van der Waals surface area contributed by atoms with Crippen LogP contribution < -0.4 is 0 Å². The lowest BCUT2D eigenvalue weighted by molar-refractivity contribution is -0.136. The molecule has 0 N–H and O–H groups in total. The number of hydrogen-bond donors (Lipinski definition) is 0. The summed E-state index contributed by atoms with van der Waals surface area (Å²) in [5.41, 5.74) is -0.513. The van der Waals surface area contributed by atoms with E-state index < -0.39 is 5.54 Å². The van der Waals surface area contributed by atoms with Crippen molar-refractivity contribution in [2.45, 2.75) is 78.2 Å². The van der Waals surface area contributed by atoms with E-state index in [1.807, 2.05) is 20.8 Å². The first kappa shape index (κ1) is 16.1. The van der Waals surface area contributed by atoms with Crippen LogP contribution in [0, 0.1) is 4.91 Å². The number of amides is 1. The Morgan fingerprint density at radius 1 is 1.06 bits per heavy atom. The molecule has 0 saturated heterocycles. The lowest BCUT2D eigenvalue weighted by Crippen LogP contribution is -2.41. The number of hydrogen-bond acceptors (Lipinski definition) is 3. The predicted molar refractivity (Wildman–Crippen MR) is 70.4 cm³/mol. The van der Waals surface area contributed by atoms with Crippen LogP contribution in [0.1, 0.15) is 72.6 Å². The van der Waals surface area contributed by atoms with Crippen LogP contribution in [0.5, 0.6) is 0 Å². The van der Waals surface area contributed by atoms with Crippen molar-refractivity contribution in [2.24, 2.45) is 5.29 Å². The van der Waals surface area contributed by atoms with Gasteiger partial charge in [-0.15, -0.1) is 4.91 Å². The smallest absolute Gasteiger partial charge is 0.245 e. The van der Waals surface area contributed by atoms with Gasteiger partial charge in [-0.2, -0.15) is 5.01 Å². The minimum atomic E-state index is -0.513. The first-order valence-electron chi connectivity index (χ1n) is 6.59. The second-order valence-electron chi connectivity index (χ2n) is 5.48. The number of carbonyl (C=O) groups is 1. The molecule has 0 fully saturated rings. The summed E-state index contributed by atoms with van der Waals surface area (Å²) in [7, 11) is 0. The van der Waals surface area contributed by atoms with Gasteiger partial charge in [-0.1, -0.05) is 39.0 Å². The average molecular weight is 242 g/mol. The molecule has 0 saturated carbocycles. The Hall–Kier alpha value is -0.930. The molecule has 0 aliphatic heterocycles. The molecule has 0 aliphatic rings. The zero-order chi connectivity index (χ0) is 13.3. The van der Waals surface area contributed by atoms with Gasteiger partial charge in [0.15, 0.2) is 0 Å². The second kappa shape index (κ2) is 8.20. The van der Waals surface area contributed by atoms with Gasteiger partial charge in [0, 0.05) is 6.42 Å². The van der Waals surface area contributed by atoms with E-state index in [-0.39, 0.29) is 5.91 Å². The molecule has 0 bridgehead atoms. The van der Waals surface area contributed by atoms with Crippen molar-refractivity contribution in [1.29, 1.82) is 0 Å². The van der Waals surface area contributed by atoms with Crippen LogP contribution in [0.15, 0.2) is 5.29 Å². The largest absolute Gasteiger partial charge is 0.273 e. The summed E-state index contributed by atoms with van der Waals surface area (Å²) in [5.74, 6) is -0.164. The number of nitroso groups, excluding NO2 is 1. The predicted octanol–water partition coefficient (Wildman–Crippen LogP) is 4.05. The van der Waals surface area contributed by atoms with E-state index in [1.165, 1.54) is 25.7 Å². The van der Waals surface area contributed by atoms with Crippen LogP contribution in [-0.2, 0) is 4.79 Å². The van der Waals surface area contributed by atoms with Crippen molar-refractivity contribution in [3.05, 3.63) is 4.91 Å². The Labute approximate surface area is 105 Å². The Bertz CT molecular complexity index is 234. The molecule has 0 rings (SSSR count). The van der Waals surface area contributed by atoms with Gasteiger partial charge in [-0.25, -0.2) is 0 Å². The number of unbranched alkanes of at least 4 members (excludes halogenated alkanes) is 5. The third kappa shape index (κ3) is 7.08. The van der Waals surface area contributed by atoms with Crippen LogP contribution in [0.2, 0.25) is 0 Å². The average Bonchev–Trinajstić information content (AvgIpc) is 2.22. The molecule has 0 radical (unpaired) electrons. The molecule has 0 aromatic rings. The fourth-order valence-electron chi connectivity index (χ4n) is 1.70. The molecule has 0 heterocycles. The zero-order valence-corrected chi connectivity index (χ0v) is 11.7. The zero-order valence-electron chi connectivity index (χ0n) is 11.7.